The molecule has 10 heteroatoms. The van der Waals surface area contributed by atoms with E-state index < -0.39 is 22.8 Å². The molecule has 2 aliphatic rings. The van der Waals surface area contributed by atoms with Crippen molar-refractivity contribution in [1.29, 1.82) is 0 Å². The molecule has 0 radical (unpaired) electrons. The number of hydrogen-bond acceptors (Lipinski definition) is 8. The van der Waals surface area contributed by atoms with Gasteiger partial charge in [0, 0.05) is 44.0 Å². The van der Waals surface area contributed by atoms with Gasteiger partial charge in [0.2, 0.25) is 0 Å². The fourth-order valence-corrected chi connectivity index (χ4v) is 4.94. The van der Waals surface area contributed by atoms with E-state index in [1.54, 1.807) is 24.4 Å². The SMILES string of the molecule is C[C@H]1C[C@H](NCOC(=O)c2c(O)c3cc(-c4ccc(F)cc4)cnc3n(CCN3CCOCC3)c2=O)C1. The van der Waals surface area contributed by atoms with Crippen LogP contribution in [0, 0.1) is 11.7 Å². The number of aromatic nitrogens is 2. The highest BCUT2D eigenvalue weighted by Gasteiger charge is 2.27. The van der Waals surface area contributed by atoms with Gasteiger partial charge >= 0.3 is 5.97 Å². The summed E-state index contributed by atoms with van der Waals surface area (Å²) in [6.07, 6.45) is 3.58. The summed E-state index contributed by atoms with van der Waals surface area (Å²) < 4.78 is 25.6. The largest absolute Gasteiger partial charge is 0.506 e. The van der Waals surface area contributed by atoms with Crippen molar-refractivity contribution in [3.8, 4) is 16.9 Å². The van der Waals surface area contributed by atoms with E-state index in [-0.39, 0.29) is 36.2 Å². The number of benzene rings is 1. The number of carbonyl (C=O) groups excluding carboxylic acids is 1. The molecule has 1 saturated heterocycles. The molecule has 3 heterocycles. The zero-order valence-electron chi connectivity index (χ0n) is 20.8. The van der Waals surface area contributed by atoms with Crippen LogP contribution in [0.4, 0.5) is 4.39 Å². The first-order chi connectivity index (χ1) is 17.9. The molecule has 1 aliphatic heterocycles. The molecule has 5 rings (SSSR count). The molecule has 196 valence electrons. The number of fused-ring (bicyclic) bond motifs is 1. The lowest BCUT2D eigenvalue weighted by atomic mass is 9.82. The Balaban J connectivity index is 1.49. The second kappa shape index (κ2) is 11.0. The Labute approximate surface area is 213 Å². The van der Waals surface area contributed by atoms with Crippen molar-refractivity contribution in [3.63, 3.8) is 0 Å². The Hall–Kier alpha value is -3.34. The fraction of sp³-hybridized carbons (Fsp3) is 0.444. The minimum absolute atomic E-state index is 0.0468. The van der Waals surface area contributed by atoms with Gasteiger partial charge in [0.25, 0.3) is 5.56 Å². The van der Waals surface area contributed by atoms with Crippen LogP contribution in [0.1, 0.15) is 30.1 Å². The topological polar surface area (TPSA) is 106 Å². The Morgan fingerprint density at radius 1 is 1.19 bits per heavy atom. The van der Waals surface area contributed by atoms with Gasteiger partial charge in [-0.05, 0) is 42.5 Å². The molecule has 2 aromatic heterocycles. The van der Waals surface area contributed by atoms with Gasteiger partial charge in [-0.2, -0.15) is 0 Å². The van der Waals surface area contributed by atoms with Gasteiger partial charge in [-0.15, -0.1) is 0 Å². The van der Waals surface area contributed by atoms with Crippen molar-refractivity contribution >= 4 is 17.0 Å². The number of nitrogens with zero attached hydrogens (tertiary/aromatic N) is 3. The quantitative estimate of drug-likeness (QED) is 0.352. The van der Waals surface area contributed by atoms with Crippen LogP contribution in [0.5, 0.6) is 5.75 Å². The standard InChI is InChI=1S/C27H31FN4O5/c1-17-12-21(13-17)30-16-37-27(35)23-24(33)22-14-19(18-2-4-20(28)5-3-18)15-29-25(22)32(26(23)34)7-6-31-8-10-36-11-9-31/h2-5,14-15,17,21,30,33H,6-13,16H2,1H3/t17-,21-. The minimum atomic E-state index is -0.892. The number of carbonyl (C=O) groups is 1. The smallest absolute Gasteiger partial charge is 0.348 e. The molecule has 0 amide bonds. The molecule has 2 N–H and O–H groups in total. The molecule has 2 fully saturated rings. The number of pyridine rings is 2. The number of esters is 1. The summed E-state index contributed by atoms with van der Waals surface area (Å²) in [5.41, 5.74) is 0.490. The molecule has 1 aromatic carbocycles. The van der Waals surface area contributed by atoms with Crippen molar-refractivity contribution in [2.24, 2.45) is 5.92 Å². The van der Waals surface area contributed by atoms with Gasteiger partial charge in [0.1, 0.15) is 23.9 Å². The van der Waals surface area contributed by atoms with Crippen LogP contribution in [-0.4, -0.2) is 71.1 Å². The van der Waals surface area contributed by atoms with Gasteiger partial charge in [-0.3, -0.25) is 19.6 Å². The maximum atomic E-state index is 13.5. The lowest BCUT2D eigenvalue weighted by Crippen LogP contribution is -2.42. The van der Waals surface area contributed by atoms with E-state index in [4.69, 9.17) is 9.47 Å². The summed E-state index contributed by atoms with van der Waals surface area (Å²) in [5, 5.41) is 14.5. The molecule has 3 aromatic rings. The first-order valence-electron chi connectivity index (χ1n) is 12.6. The molecule has 0 unspecified atom stereocenters. The third-order valence-corrected chi connectivity index (χ3v) is 7.15. The number of hydrogen-bond donors (Lipinski definition) is 2. The predicted octanol–water partition coefficient (Wildman–Crippen LogP) is 2.74. The van der Waals surface area contributed by atoms with Gasteiger partial charge in [-0.25, -0.2) is 14.2 Å². The van der Waals surface area contributed by atoms with Gasteiger partial charge < -0.3 is 14.6 Å². The van der Waals surface area contributed by atoms with Crippen LogP contribution in [-0.2, 0) is 16.0 Å². The fourth-order valence-electron chi connectivity index (χ4n) is 4.94. The van der Waals surface area contributed by atoms with E-state index in [1.165, 1.54) is 16.7 Å². The summed E-state index contributed by atoms with van der Waals surface area (Å²) in [6.45, 7) is 5.67. The number of morpholine rings is 1. The number of aromatic hydroxyl groups is 1. The molecule has 1 saturated carbocycles. The Bertz CT molecular complexity index is 1330. The van der Waals surface area contributed by atoms with Gasteiger partial charge in [0.05, 0.1) is 18.6 Å². The van der Waals surface area contributed by atoms with E-state index >= 15 is 0 Å². The Kier molecular flexibility index (Phi) is 7.50. The molecule has 37 heavy (non-hydrogen) atoms. The monoisotopic (exact) mass is 510 g/mol. The van der Waals surface area contributed by atoms with Crippen molar-refractivity contribution in [1.82, 2.24) is 19.8 Å². The van der Waals surface area contributed by atoms with Crippen LogP contribution in [0.15, 0.2) is 41.3 Å². The Morgan fingerprint density at radius 2 is 1.92 bits per heavy atom. The Morgan fingerprint density at radius 3 is 2.62 bits per heavy atom. The summed E-state index contributed by atoms with van der Waals surface area (Å²) in [7, 11) is 0. The summed E-state index contributed by atoms with van der Waals surface area (Å²) in [5.74, 6) is -1.09. The van der Waals surface area contributed by atoms with E-state index in [0.717, 1.165) is 25.9 Å². The zero-order chi connectivity index (χ0) is 25.9. The van der Waals surface area contributed by atoms with Gasteiger partial charge in [-0.1, -0.05) is 19.1 Å². The molecule has 0 bridgehead atoms. The minimum Gasteiger partial charge on any atom is -0.506 e. The van der Waals surface area contributed by atoms with E-state index in [0.29, 0.717) is 36.8 Å². The molecule has 1 aliphatic carbocycles. The van der Waals surface area contributed by atoms with Crippen molar-refractivity contribution in [3.05, 3.63) is 58.3 Å². The van der Waals surface area contributed by atoms with Crippen LogP contribution in [0.25, 0.3) is 22.2 Å². The second-order valence-corrected chi connectivity index (χ2v) is 9.79. The average molecular weight is 511 g/mol. The number of nitrogens with one attached hydrogen (secondary N) is 1. The van der Waals surface area contributed by atoms with E-state index in [9.17, 15) is 19.1 Å². The maximum absolute atomic E-state index is 13.5. The number of halogens is 1. The first kappa shape index (κ1) is 25.3. The van der Waals surface area contributed by atoms with E-state index in [2.05, 4.69) is 22.1 Å². The van der Waals surface area contributed by atoms with Crippen LogP contribution < -0.4 is 10.9 Å². The molecular weight excluding hydrogens is 479 g/mol. The summed E-state index contributed by atoms with van der Waals surface area (Å²) in [4.78, 5) is 33.1. The third-order valence-electron chi connectivity index (χ3n) is 7.15. The second-order valence-electron chi connectivity index (χ2n) is 9.79. The lowest BCUT2D eigenvalue weighted by molar-refractivity contribution is 0.0363. The summed E-state index contributed by atoms with van der Waals surface area (Å²) >= 11 is 0. The highest BCUT2D eigenvalue weighted by molar-refractivity contribution is 5.99. The van der Waals surface area contributed by atoms with Crippen molar-refractivity contribution < 1.29 is 23.8 Å². The normalized spacial score (nSPS) is 20.1. The van der Waals surface area contributed by atoms with Gasteiger partial charge in [0.15, 0.2) is 5.56 Å². The molecule has 0 atom stereocenters. The maximum Gasteiger partial charge on any atom is 0.348 e. The molecular formula is C27H31FN4O5. The zero-order valence-corrected chi connectivity index (χ0v) is 20.8. The van der Waals surface area contributed by atoms with Crippen LogP contribution in [0.3, 0.4) is 0 Å². The predicted molar refractivity (Wildman–Crippen MR) is 136 cm³/mol. The van der Waals surface area contributed by atoms with Crippen molar-refractivity contribution in [2.45, 2.75) is 32.4 Å². The first-order valence-corrected chi connectivity index (χ1v) is 12.6. The molecule has 9 nitrogen and oxygen atoms in total. The van der Waals surface area contributed by atoms with Crippen LogP contribution >= 0.6 is 0 Å². The van der Waals surface area contributed by atoms with Crippen LogP contribution in [0.2, 0.25) is 0 Å². The third kappa shape index (κ3) is 5.51. The van der Waals surface area contributed by atoms with Crippen molar-refractivity contribution in [2.75, 3.05) is 39.6 Å². The van der Waals surface area contributed by atoms with E-state index in [1.807, 2.05) is 0 Å². The average Bonchev–Trinajstić information content (AvgIpc) is 2.88. The highest BCUT2D eigenvalue weighted by atomic mass is 19.1. The summed E-state index contributed by atoms with van der Waals surface area (Å²) in [6, 6.07) is 7.81. The number of ether oxygens (including phenoxy) is 2. The highest BCUT2D eigenvalue weighted by Crippen LogP contribution is 2.30. The number of rotatable bonds is 8. The molecule has 0 spiro atoms. The lowest BCUT2D eigenvalue weighted by Gasteiger charge is -2.33.